The van der Waals surface area contributed by atoms with Crippen molar-refractivity contribution < 1.29 is 18.3 Å². The average Bonchev–Trinajstić information content (AvgIpc) is 2.76. The number of hydrogen-bond acceptors (Lipinski definition) is 4. The van der Waals surface area contributed by atoms with Crippen molar-refractivity contribution in [3.05, 3.63) is 65.2 Å². The van der Waals surface area contributed by atoms with E-state index in [-0.39, 0.29) is 48.5 Å². The number of piperazine rings is 1. The first-order chi connectivity index (χ1) is 15.4. The van der Waals surface area contributed by atoms with Crippen LogP contribution in [0.3, 0.4) is 0 Å². The minimum absolute atomic E-state index is 0.128. The number of amides is 1. The molecule has 3 atom stereocenters. The summed E-state index contributed by atoms with van der Waals surface area (Å²) in [4.78, 5) is 14.8. The molecule has 2 aromatic rings. The fraction of sp³-hybridized carbons (Fsp3) is 0.400. The van der Waals surface area contributed by atoms with Gasteiger partial charge < -0.3 is 10.0 Å². The lowest BCUT2D eigenvalue weighted by molar-refractivity contribution is -0.158. The predicted octanol–water partition coefficient (Wildman–Crippen LogP) is 2.51. The fourth-order valence-corrected chi connectivity index (χ4v) is 6.35. The van der Waals surface area contributed by atoms with Gasteiger partial charge in [-0.15, -0.1) is 0 Å². The van der Waals surface area contributed by atoms with Crippen molar-refractivity contribution in [1.82, 2.24) is 9.21 Å². The Morgan fingerprint density at radius 3 is 2.50 bits per heavy atom. The molecule has 0 unspecified atom stereocenters. The van der Waals surface area contributed by atoms with Crippen LogP contribution >= 0.6 is 0 Å². The molecule has 0 saturated carbocycles. The van der Waals surface area contributed by atoms with E-state index in [0.29, 0.717) is 5.56 Å². The molecule has 0 aromatic heterocycles. The number of hydrogen-bond donors (Lipinski definition) is 1. The van der Waals surface area contributed by atoms with E-state index in [1.165, 1.54) is 4.31 Å². The van der Waals surface area contributed by atoms with E-state index < -0.39 is 10.0 Å². The molecular weight excluding hydrogens is 424 g/mol. The normalized spacial score (nSPS) is 23.2. The first-order valence-electron chi connectivity index (χ1n) is 10.9. The molecule has 1 N–H and O–H groups in total. The molecule has 2 aromatic carbocycles. The minimum Gasteiger partial charge on any atom is -0.394 e. The van der Waals surface area contributed by atoms with Gasteiger partial charge in [0.15, 0.2) is 0 Å². The van der Waals surface area contributed by atoms with E-state index in [9.17, 15) is 18.3 Å². The van der Waals surface area contributed by atoms with Crippen molar-refractivity contribution in [3.63, 3.8) is 0 Å². The molecule has 0 radical (unpaired) electrons. The van der Waals surface area contributed by atoms with Crippen molar-refractivity contribution in [1.29, 1.82) is 0 Å². The van der Waals surface area contributed by atoms with Crippen LogP contribution in [0.4, 0.5) is 0 Å². The van der Waals surface area contributed by atoms with Crippen molar-refractivity contribution in [2.75, 3.05) is 19.7 Å². The summed E-state index contributed by atoms with van der Waals surface area (Å²) < 4.78 is 27.9. The Morgan fingerprint density at radius 2 is 1.84 bits per heavy atom. The van der Waals surface area contributed by atoms with E-state index in [1.54, 1.807) is 36.1 Å². The van der Waals surface area contributed by atoms with Gasteiger partial charge in [-0.25, -0.2) is 8.42 Å². The van der Waals surface area contributed by atoms with Crippen LogP contribution in [-0.2, 0) is 14.8 Å². The lowest BCUT2D eigenvalue weighted by Crippen LogP contribution is -2.73. The second-order valence-electron chi connectivity index (χ2n) is 8.38. The molecular formula is C25H28N2O4S. The highest BCUT2D eigenvalue weighted by atomic mass is 32.2. The van der Waals surface area contributed by atoms with Crippen molar-refractivity contribution >= 4 is 15.9 Å². The summed E-state index contributed by atoms with van der Waals surface area (Å²) in [7, 11) is -3.79. The van der Waals surface area contributed by atoms with Gasteiger partial charge in [0.05, 0.1) is 30.1 Å². The molecule has 4 rings (SSSR count). The Morgan fingerprint density at radius 1 is 1.12 bits per heavy atom. The Kier molecular flexibility index (Phi) is 6.38. The van der Waals surface area contributed by atoms with Crippen molar-refractivity contribution in [2.24, 2.45) is 0 Å². The number of aliphatic hydroxyl groups is 1. The Bertz CT molecular complexity index is 1160. The van der Waals surface area contributed by atoms with Crippen molar-refractivity contribution in [3.8, 4) is 11.8 Å². The first-order valence-corrected chi connectivity index (χ1v) is 12.4. The van der Waals surface area contributed by atoms with Gasteiger partial charge in [0.25, 0.3) is 0 Å². The number of aryl methyl sites for hydroxylation is 1. The third-order valence-electron chi connectivity index (χ3n) is 6.34. The monoisotopic (exact) mass is 452 g/mol. The third-order valence-corrected chi connectivity index (χ3v) is 8.31. The lowest BCUT2D eigenvalue weighted by atomic mass is 9.74. The van der Waals surface area contributed by atoms with Gasteiger partial charge in [0.1, 0.15) is 0 Å². The summed E-state index contributed by atoms with van der Waals surface area (Å²) in [6.45, 7) is 3.69. The molecule has 2 saturated heterocycles. The summed E-state index contributed by atoms with van der Waals surface area (Å²) in [5.41, 5.74) is 2.55. The fourth-order valence-electron chi connectivity index (χ4n) is 4.72. The highest BCUT2D eigenvalue weighted by Crippen LogP contribution is 2.43. The maximum absolute atomic E-state index is 13.3. The summed E-state index contributed by atoms with van der Waals surface area (Å²) in [5, 5.41) is 9.96. The molecule has 168 valence electrons. The van der Waals surface area contributed by atoms with Gasteiger partial charge in [0.2, 0.25) is 15.9 Å². The Hall–Kier alpha value is -2.66. The SMILES string of the molecule is CCCC#Cc1ccc([C@H]2[C@@H](CO)N3C(=O)CN(S(=O)(=O)c4ccccc4C)C[C@H]23)cc1. The van der Waals surface area contributed by atoms with Gasteiger partial charge in [-0.1, -0.05) is 49.1 Å². The standard InChI is InChI=1S/C25H28N2O4S/c1-3-4-5-9-19-11-13-20(14-12-19)25-21-15-26(16-24(29)27(21)22(25)17-28)32(30,31)23-10-7-6-8-18(23)2/h6-8,10-14,21-22,25,28H,3-4,15-17H2,1-2H3/t21-,22-,25-/m1/s1. The Labute approximate surface area is 189 Å². The van der Waals surface area contributed by atoms with Gasteiger partial charge in [-0.2, -0.15) is 4.31 Å². The summed E-state index contributed by atoms with van der Waals surface area (Å²) in [6.07, 6.45) is 1.86. The average molecular weight is 453 g/mol. The van der Waals surface area contributed by atoms with E-state index >= 15 is 0 Å². The second kappa shape index (κ2) is 9.07. The van der Waals surface area contributed by atoms with Crippen LogP contribution in [0.25, 0.3) is 0 Å². The zero-order valence-electron chi connectivity index (χ0n) is 18.4. The van der Waals surface area contributed by atoms with E-state index in [0.717, 1.165) is 24.0 Å². The van der Waals surface area contributed by atoms with Crippen LogP contribution in [0.2, 0.25) is 0 Å². The molecule has 6 nitrogen and oxygen atoms in total. The molecule has 7 heteroatoms. The van der Waals surface area contributed by atoms with Crippen LogP contribution in [0.15, 0.2) is 53.4 Å². The number of benzene rings is 2. The number of nitrogens with zero attached hydrogens (tertiary/aromatic N) is 2. The minimum atomic E-state index is -3.79. The number of carbonyl (C=O) groups excluding carboxylic acids is 1. The Balaban J connectivity index is 1.60. The summed E-state index contributed by atoms with van der Waals surface area (Å²) in [5.74, 6) is 5.86. The van der Waals surface area contributed by atoms with Crippen molar-refractivity contribution in [2.45, 2.75) is 49.6 Å². The van der Waals surface area contributed by atoms with Crippen LogP contribution in [0.1, 0.15) is 42.4 Å². The van der Waals surface area contributed by atoms with Gasteiger partial charge >= 0.3 is 0 Å². The van der Waals surface area contributed by atoms with Gasteiger partial charge in [0, 0.05) is 24.4 Å². The topological polar surface area (TPSA) is 77.9 Å². The quantitative estimate of drug-likeness (QED) is 0.707. The zero-order chi connectivity index (χ0) is 22.9. The molecule has 2 fully saturated rings. The number of sulfonamides is 1. The number of rotatable bonds is 5. The number of fused-ring (bicyclic) bond motifs is 1. The maximum atomic E-state index is 13.3. The maximum Gasteiger partial charge on any atom is 0.243 e. The molecule has 0 bridgehead atoms. The smallest absolute Gasteiger partial charge is 0.243 e. The summed E-state index contributed by atoms with van der Waals surface area (Å²) >= 11 is 0. The number of unbranched alkanes of at least 4 members (excludes halogenated alkanes) is 1. The largest absolute Gasteiger partial charge is 0.394 e. The highest BCUT2D eigenvalue weighted by molar-refractivity contribution is 7.89. The van der Waals surface area contributed by atoms with E-state index in [4.69, 9.17) is 0 Å². The first kappa shape index (κ1) is 22.5. The summed E-state index contributed by atoms with van der Waals surface area (Å²) in [6, 6.07) is 14.0. The molecule has 32 heavy (non-hydrogen) atoms. The molecule has 2 heterocycles. The van der Waals surface area contributed by atoms with E-state index in [1.807, 2.05) is 24.3 Å². The van der Waals surface area contributed by atoms with Crippen LogP contribution in [-0.4, -0.2) is 60.4 Å². The molecule has 1 amide bonds. The molecule has 0 spiro atoms. The number of aliphatic hydroxyl groups excluding tert-OH is 1. The molecule has 2 aliphatic rings. The van der Waals surface area contributed by atoms with Gasteiger partial charge in [-0.3, -0.25) is 4.79 Å². The third kappa shape index (κ3) is 3.95. The van der Waals surface area contributed by atoms with Crippen LogP contribution < -0.4 is 0 Å². The predicted molar refractivity (Wildman–Crippen MR) is 122 cm³/mol. The second-order valence-corrected chi connectivity index (χ2v) is 10.3. The number of carbonyl (C=O) groups is 1. The van der Waals surface area contributed by atoms with Crippen LogP contribution in [0, 0.1) is 18.8 Å². The highest BCUT2D eigenvalue weighted by Gasteiger charge is 2.55. The lowest BCUT2D eigenvalue weighted by Gasteiger charge is -2.58. The zero-order valence-corrected chi connectivity index (χ0v) is 19.2. The van der Waals surface area contributed by atoms with Crippen LogP contribution in [0.5, 0.6) is 0 Å². The molecule has 0 aliphatic carbocycles. The molecule has 2 aliphatic heterocycles. The van der Waals surface area contributed by atoms with Gasteiger partial charge in [-0.05, 0) is 42.7 Å². The van der Waals surface area contributed by atoms with E-state index in [2.05, 4.69) is 18.8 Å².